The number of carbonyl (C=O) groups excluding carboxylic acids is 1. The van der Waals surface area contributed by atoms with Gasteiger partial charge in [0.1, 0.15) is 5.82 Å². The minimum atomic E-state index is -0.493. The largest absolute Gasteiger partial charge is 0.393 e. The standard InChI is InChI=1S/C20H29N3O3/c1-12-21-14-6-10-23(9-5-13(14)16(25)22-12)17(26)20-8-7-19(4,15(24)11-20)18(20,2)3/h15,24H,5-11H2,1-4H3,(H,21,22,25)/t15-,19+,20-/m0/s1. The number of aliphatic hydroxyl groups is 1. The molecule has 142 valence electrons. The fraction of sp³-hybridized carbons (Fsp3) is 0.750. The molecule has 2 aliphatic carbocycles. The van der Waals surface area contributed by atoms with Crippen LogP contribution in [0.4, 0.5) is 0 Å². The molecular weight excluding hydrogens is 330 g/mol. The lowest BCUT2D eigenvalue weighted by Crippen LogP contribution is -2.49. The number of nitrogens with one attached hydrogen (secondary N) is 1. The van der Waals surface area contributed by atoms with Gasteiger partial charge in [0, 0.05) is 25.1 Å². The van der Waals surface area contributed by atoms with Crippen LogP contribution in [0.3, 0.4) is 0 Å². The van der Waals surface area contributed by atoms with Gasteiger partial charge in [-0.25, -0.2) is 4.98 Å². The zero-order chi connectivity index (χ0) is 18.9. The molecule has 0 aromatic carbocycles. The smallest absolute Gasteiger partial charge is 0.254 e. The van der Waals surface area contributed by atoms with Crippen molar-refractivity contribution in [2.45, 2.75) is 65.9 Å². The van der Waals surface area contributed by atoms with E-state index < -0.39 is 11.5 Å². The SMILES string of the molecule is Cc1nc2c(c(=O)[nH]1)CCN(C(=O)[C@]13CC[C@](C)([C@@H](O)C1)C3(C)C)CC2. The van der Waals surface area contributed by atoms with Crippen LogP contribution < -0.4 is 5.56 Å². The summed E-state index contributed by atoms with van der Waals surface area (Å²) in [6.07, 6.45) is 3.01. The van der Waals surface area contributed by atoms with E-state index >= 15 is 0 Å². The number of aliphatic hydroxyl groups excluding tert-OH is 1. The number of hydrogen-bond donors (Lipinski definition) is 2. The first-order valence-corrected chi connectivity index (χ1v) is 9.68. The molecule has 1 aromatic rings. The highest BCUT2D eigenvalue weighted by Gasteiger charge is 2.72. The van der Waals surface area contributed by atoms with Crippen LogP contribution in [0, 0.1) is 23.2 Å². The second-order valence-corrected chi connectivity index (χ2v) is 9.21. The molecule has 0 saturated heterocycles. The predicted molar refractivity (Wildman–Crippen MR) is 97.8 cm³/mol. The maximum absolute atomic E-state index is 13.6. The van der Waals surface area contributed by atoms with Crippen molar-refractivity contribution in [3.63, 3.8) is 0 Å². The van der Waals surface area contributed by atoms with Gasteiger partial charge in [-0.3, -0.25) is 9.59 Å². The second kappa shape index (κ2) is 5.41. The van der Waals surface area contributed by atoms with Crippen LogP contribution in [0.1, 0.15) is 57.1 Å². The number of H-pyrrole nitrogens is 1. The summed E-state index contributed by atoms with van der Waals surface area (Å²) < 4.78 is 0. The molecule has 1 amide bonds. The zero-order valence-electron chi connectivity index (χ0n) is 16.2. The fourth-order valence-electron chi connectivity index (χ4n) is 5.84. The monoisotopic (exact) mass is 359 g/mol. The summed E-state index contributed by atoms with van der Waals surface area (Å²) >= 11 is 0. The topological polar surface area (TPSA) is 86.3 Å². The summed E-state index contributed by atoms with van der Waals surface area (Å²) in [5.74, 6) is 0.780. The highest BCUT2D eigenvalue weighted by molar-refractivity contribution is 5.85. The lowest BCUT2D eigenvalue weighted by molar-refractivity contribution is -0.147. The van der Waals surface area contributed by atoms with E-state index in [1.807, 2.05) is 4.90 Å². The summed E-state index contributed by atoms with van der Waals surface area (Å²) in [7, 11) is 0. The van der Waals surface area contributed by atoms with E-state index in [4.69, 9.17) is 0 Å². The predicted octanol–water partition coefficient (Wildman–Crippen LogP) is 1.58. The van der Waals surface area contributed by atoms with Gasteiger partial charge in [-0.2, -0.15) is 0 Å². The molecule has 2 saturated carbocycles. The Morgan fingerprint density at radius 1 is 1.23 bits per heavy atom. The average Bonchev–Trinajstić information content (AvgIpc) is 2.78. The molecule has 3 aliphatic rings. The van der Waals surface area contributed by atoms with Gasteiger partial charge >= 0.3 is 0 Å². The number of rotatable bonds is 1. The summed E-state index contributed by atoms with van der Waals surface area (Å²) in [6, 6.07) is 0. The molecule has 2 fully saturated rings. The number of hydrogen-bond acceptors (Lipinski definition) is 4. The van der Waals surface area contributed by atoms with Gasteiger partial charge in [-0.1, -0.05) is 20.8 Å². The van der Waals surface area contributed by atoms with E-state index in [1.54, 1.807) is 6.92 Å². The number of aromatic amines is 1. The Bertz CT molecular complexity index is 830. The van der Waals surface area contributed by atoms with Crippen LogP contribution >= 0.6 is 0 Å². The molecule has 0 radical (unpaired) electrons. The molecule has 0 spiro atoms. The van der Waals surface area contributed by atoms with Crippen molar-refractivity contribution in [3.8, 4) is 0 Å². The van der Waals surface area contributed by atoms with Crippen molar-refractivity contribution in [1.29, 1.82) is 0 Å². The van der Waals surface area contributed by atoms with Gasteiger partial charge < -0.3 is 15.0 Å². The van der Waals surface area contributed by atoms with Crippen LogP contribution in [0.5, 0.6) is 0 Å². The third-order valence-electron chi connectivity index (χ3n) is 8.14. The van der Waals surface area contributed by atoms with Crippen molar-refractivity contribution in [2.75, 3.05) is 13.1 Å². The summed E-state index contributed by atoms with van der Waals surface area (Å²) in [5.41, 5.74) is 0.527. The molecule has 0 unspecified atom stereocenters. The van der Waals surface area contributed by atoms with Crippen molar-refractivity contribution >= 4 is 5.91 Å². The van der Waals surface area contributed by atoms with Crippen LogP contribution in [-0.4, -0.2) is 45.1 Å². The van der Waals surface area contributed by atoms with E-state index in [-0.39, 0.29) is 22.3 Å². The van der Waals surface area contributed by atoms with Crippen LogP contribution in [0.15, 0.2) is 4.79 Å². The fourth-order valence-corrected chi connectivity index (χ4v) is 5.84. The summed E-state index contributed by atoms with van der Waals surface area (Å²) in [4.78, 5) is 35.1. The van der Waals surface area contributed by atoms with E-state index in [0.29, 0.717) is 43.7 Å². The van der Waals surface area contributed by atoms with Crippen LogP contribution in [0.25, 0.3) is 0 Å². The Morgan fingerprint density at radius 2 is 1.92 bits per heavy atom. The Balaban J connectivity index is 1.63. The minimum absolute atomic E-state index is 0.0787. The molecular formula is C20H29N3O3. The van der Waals surface area contributed by atoms with E-state index in [1.165, 1.54) is 0 Å². The first kappa shape index (κ1) is 17.7. The van der Waals surface area contributed by atoms with Gasteiger partial charge in [0.2, 0.25) is 5.91 Å². The molecule has 4 rings (SSSR count). The van der Waals surface area contributed by atoms with Gasteiger partial charge in [0.15, 0.2) is 0 Å². The number of amides is 1. The van der Waals surface area contributed by atoms with E-state index in [0.717, 1.165) is 18.5 Å². The van der Waals surface area contributed by atoms with Crippen molar-refractivity contribution in [1.82, 2.24) is 14.9 Å². The lowest BCUT2D eigenvalue weighted by Gasteiger charge is -2.42. The van der Waals surface area contributed by atoms with Crippen LogP contribution in [-0.2, 0) is 17.6 Å². The quantitative estimate of drug-likeness (QED) is 0.797. The highest BCUT2D eigenvalue weighted by Crippen LogP contribution is 2.72. The molecule has 2 N–H and O–H groups in total. The lowest BCUT2D eigenvalue weighted by atomic mass is 9.64. The normalized spacial score (nSPS) is 35.3. The minimum Gasteiger partial charge on any atom is -0.393 e. The van der Waals surface area contributed by atoms with Gasteiger partial charge in [-0.05, 0) is 43.4 Å². The van der Waals surface area contributed by atoms with Crippen molar-refractivity contribution in [2.24, 2.45) is 16.2 Å². The Labute approximate surface area is 154 Å². The molecule has 1 aliphatic heterocycles. The summed E-state index contributed by atoms with van der Waals surface area (Å²) in [6.45, 7) is 9.35. The number of aromatic nitrogens is 2. The molecule has 1 aromatic heterocycles. The van der Waals surface area contributed by atoms with E-state index in [9.17, 15) is 14.7 Å². The van der Waals surface area contributed by atoms with Gasteiger partial charge in [0.25, 0.3) is 5.56 Å². The maximum atomic E-state index is 13.6. The number of aryl methyl sites for hydroxylation is 1. The number of carbonyl (C=O) groups is 1. The number of fused-ring (bicyclic) bond motifs is 3. The molecule has 26 heavy (non-hydrogen) atoms. The van der Waals surface area contributed by atoms with Gasteiger partial charge in [-0.15, -0.1) is 0 Å². The average molecular weight is 359 g/mol. The third-order valence-corrected chi connectivity index (χ3v) is 8.14. The Morgan fingerprint density at radius 3 is 2.54 bits per heavy atom. The Hall–Kier alpha value is -1.69. The number of nitrogens with zero attached hydrogens (tertiary/aromatic N) is 2. The van der Waals surface area contributed by atoms with Gasteiger partial charge in [0.05, 0.1) is 17.2 Å². The Kier molecular flexibility index (Phi) is 3.69. The van der Waals surface area contributed by atoms with E-state index in [2.05, 4.69) is 30.7 Å². The van der Waals surface area contributed by atoms with Crippen molar-refractivity contribution in [3.05, 3.63) is 27.4 Å². The first-order chi connectivity index (χ1) is 12.1. The molecule has 3 atom stereocenters. The first-order valence-electron chi connectivity index (χ1n) is 9.68. The van der Waals surface area contributed by atoms with Crippen LogP contribution in [0.2, 0.25) is 0 Å². The summed E-state index contributed by atoms with van der Waals surface area (Å²) in [5, 5.41) is 10.7. The third kappa shape index (κ3) is 2.05. The molecule has 2 bridgehead atoms. The second-order valence-electron chi connectivity index (χ2n) is 9.21. The molecule has 6 nitrogen and oxygen atoms in total. The molecule has 2 heterocycles. The molecule has 6 heteroatoms. The maximum Gasteiger partial charge on any atom is 0.254 e. The highest BCUT2D eigenvalue weighted by atomic mass is 16.3. The zero-order valence-corrected chi connectivity index (χ0v) is 16.2. The van der Waals surface area contributed by atoms with Crippen molar-refractivity contribution < 1.29 is 9.90 Å².